The summed E-state index contributed by atoms with van der Waals surface area (Å²) in [4.78, 5) is 2.09. The molecule has 0 radical (unpaired) electrons. The van der Waals surface area contributed by atoms with Crippen molar-refractivity contribution in [3.8, 4) is 11.3 Å². The highest BCUT2D eigenvalue weighted by Gasteiger charge is 2.22. The standard InChI is InChI=1S/C19H25N2O/c1-5-21(6-2)17-10-9-14-11-15-7-8-16(13-20(3)4)19(15)22-18(14)12-17/h9-13H,5-8H2,1-4H3/q+1. The molecule has 116 valence electrons. The quantitative estimate of drug-likeness (QED) is 0.811. The van der Waals surface area contributed by atoms with E-state index < -0.39 is 0 Å². The molecule has 3 heteroatoms. The van der Waals surface area contributed by atoms with Crippen molar-refractivity contribution in [2.24, 2.45) is 0 Å². The summed E-state index contributed by atoms with van der Waals surface area (Å²) in [5.74, 6) is 2.05. The molecule has 3 nitrogen and oxygen atoms in total. The Bertz CT molecular complexity index is 746. The first-order chi connectivity index (χ1) is 10.6. The zero-order chi connectivity index (χ0) is 15.7. The lowest BCUT2D eigenvalue weighted by Gasteiger charge is -2.10. The molecule has 3 aliphatic rings. The lowest BCUT2D eigenvalue weighted by Crippen LogP contribution is -2.29. The van der Waals surface area contributed by atoms with Gasteiger partial charge in [0.2, 0.25) is 5.36 Å². The number of hydrogen-bond donors (Lipinski definition) is 0. The van der Waals surface area contributed by atoms with E-state index in [0.717, 1.165) is 37.5 Å². The minimum Gasteiger partial charge on any atom is -0.456 e. The third-order valence-corrected chi connectivity index (χ3v) is 4.33. The van der Waals surface area contributed by atoms with Gasteiger partial charge in [-0.3, -0.25) is 0 Å². The number of nitrogens with zero attached hydrogens (tertiary/aromatic N) is 2. The topological polar surface area (TPSA) is 19.4 Å². The van der Waals surface area contributed by atoms with Crippen LogP contribution in [0.25, 0.3) is 16.9 Å². The fraction of sp³-hybridized carbons (Fsp3) is 0.421. The molecule has 1 heterocycles. The van der Waals surface area contributed by atoms with Gasteiger partial charge in [-0.15, -0.1) is 0 Å². The van der Waals surface area contributed by atoms with Crippen molar-refractivity contribution in [3.63, 3.8) is 0 Å². The van der Waals surface area contributed by atoms with Crippen molar-refractivity contribution in [2.45, 2.75) is 26.7 Å². The summed E-state index contributed by atoms with van der Waals surface area (Å²) in [6.45, 7) is 6.40. The average Bonchev–Trinajstić information content (AvgIpc) is 2.88. The fourth-order valence-corrected chi connectivity index (χ4v) is 3.22. The molecule has 0 aromatic carbocycles. The Morgan fingerprint density at radius 3 is 2.59 bits per heavy atom. The average molecular weight is 297 g/mol. The monoisotopic (exact) mass is 297 g/mol. The smallest absolute Gasteiger partial charge is 0.203 e. The molecule has 0 saturated heterocycles. The van der Waals surface area contributed by atoms with Crippen molar-refractivity contribution < 1.29 is 4.42 Å². The summed E-state index contributed by atoms with van der Waals surface area (Å²) in [5.41, 5.74) is 3.83. The van der Waals surface area contributed by atoms with Crippen molar-refractivity contribution in [3.05, 3.63) is 47.1 Å². The number of benzene rings is 1. The molecule has 0 atom stereocenters. The SMILES string of the molecule is CC[N+](CC)=c1ccc2cc3c(oc-2c1)/C(=C/N(C)C)CC3. The lowest BCUT2D eigenvalue weighted by molar-refractivity contribution is 0.536. The number of hydrogen-bond acceptors (Lipinski definition) is 2. The van der Waals surface area contributed by atoms with Gasteiger partial charge in [-0.1, -0.05) is 0 Å². The van der Waals surface area contributed by atoms with E-state index >= 15 is 0 Å². The molecular weight excluding hydrogens is 272 g/mol. The maximum absolute atomic E-state index is 6.28. The van der Waals surface area contributed by atoms with Crippen LogP contribution in [0.3, 0.4) is 0 Å². The van der Waals surface area contributed by atoms with Gasteiger partial charge in [-0.2, -0.15) is 0 Å². The molecule has 3 rings (SSSR count). The van der Waals surface area contributed by atoms with E-state index in [4.69, 9.17) is 4.42 Å². The van der Waals surface area contributed by atoms with E-state index in [1.165, 1.54) is 22.1 Å². The molecule has 0 bridgehead atoms. The minimum absolute atomic E-state index is 0.981. The predicted molar refractivity (Wildman–Crippen MR) is 91.7 cm³/mol. The molecule has 0 N–H and O–H groups in total. The Hall–Kier alpha value is -2.03. The second-order valence-electron chi connectivity index (χ2n) is 6.11. The first-order valence-corrected chi connectivity index (χ1v) is 8.14. The van der Waals surface area contributed by atoms with Crippen LogP contribution >= 0.6 is 0 Å². The Labute approximate surface area is 132 Å². The van der Waals surface area contributed by atoms with Crippen molar-refractivity contribution in [1.29, 1.82) is 0 Å². The highest BCUT2D eigenvalue weighted by molar-refractivity contribution is 5.72. The van der Waals surface area contributed by atoms with Crippen LogP contribution in [0.1, 0.15) is 31.6 Å². The first kappa shape index (κ1) is 14.9. The number of allylic oxidation sites excluding steroid dienone is 1. The van der Waals surface area contributed by atoms with Crippen LogP contribution < -0.4 is 9.93 Å². The van der Waals surface area contributed by atoms with E-state index in [0.29, 0.717) is 0 Å². The molecule has 0 fully saturated rings. The molecule has 2 aliphatic carbocycles. The van der Waals surface area contributed by atoms with Crippen LogP contribution in [0.5, 0.6) is 0 Å². The van der Waals surface area contributed by atoms with E-state index in [-0.39, 0.29) is 0 Å². The first-order valence-electron chi connectivity index (χ1n) is 8.14. The van der Waals surface area contributed by atoms with Gasteiger partial charge >= 0.3 is 0 Å². The van der Waals surface area contributed by atoms with Gasteiger partial charge < -0.3 is 9.32 Å². The summed E-state index contributed by atoms with van der Waals surface area (Å²) >= 11 is 0. The van der Waals surface area contributed by atoms with Crippen LogP contribution in [0.4, 0.5) is 0 Å². The Morgan fingerprint density at radius 1 is 1.14 bits per heavy atom. The van der Waals surface area contributed by atoms with Gasteiger partial charge in [0, 0.05) is 37.5 Å². The largest absolute Gasteiger partial charge is 0.456 e. The van der Waals surface area contributed by atoms with Crippen molar-refractivity contribution in [2.75, 3.05) is 27.2 Å². The third kappa shape index (κ3) is 2.68. The summed E-state index contributed by atoms with van der Waals surface area (Å²) in [6, 6.07) is 8.84. The minimum atomic E-state index is 0.981. The Kier molecular flexibility index (Phi) is 4.06. The Balaban J connectivity index is 2.18. The Morgan fingerprint density at radius 2 is 1.91 bits per heavy atom. The maximum Gasteiger partial charge on any atom is 0.203 e. The van der Waals surface area contributed by atoms with Crippen LogP contribution in [-0.2, 0) is 6.42 Å². The number of rotatable bonds is 3. The van der Waals surface area contributed by atoms with Gasteiger partial charge in [-0.05, 0) is 44.4 Å². The molecule has 0 spiro atoms. The summed E-state index contributed by atoms with van der Waals surface area (Å²) < 4.78 is 8.62. The lowest BCUT2D eigenvalue weighted by atomic mass is 10.1. The molecule has 0 saturated carbocycles. The molecule has 0 unspecified atom stereocenters. The number of fused-ring (bicyclic) bond motifs is 2. The van der Waals surface area contributed by atoms with Crippen LogP contribution in [-0.4, -0.2) is 32.1 Å². The van der Waals surface area contributed by atoms with Crippen molar-refractivity contribution >= 4 is 5.57 Å². The van der Waals surface area contributed by atoms with Gasteiger partial charge in [0.15, 0.2) is 0 Å². The highest BCUT2D eigenvalue weighted by Crippen LogP contribution is 2.37. The van der Waals surface area contributed by atoms with Gasteiger partial charge in [0.1, 0.15) is 24.6 Å². The normalized spacial score (nSPS) is 15.4. The van der Waals surface area contributed by atoms with E-state index in [9.17, 15) is 0 Å². The molecular formula is C19H25N2O+. The van der Waals surface area contributed by atoms with Crippen molar-refractivity contribution in [1.82, 2.24) is 9.48 Å². The third-order valence-electron chi connectivity index (χ3n) is 4.33. The summed E-state index contributed by atoms with van der Waals surface area (Å²) in [5, 5.41) is 1.23. The van der Waals surface area contributed by atoms with E-state index in [2.05, 4.69) is 67.9 Å². The number of aryl methyl sites for hydroxylation is 1. The summed E-state index contributed by atoms with van der Waals surface area (Å²) in [7, 11) is 4.12. The summed E-state index contributed by atoms with van der Waals surface area (Å²) in [6.07, 6.45) is 4.32. The molecule has 0 aromatic heterocycles. The molecule has 22 heavy (non-hydrogen) atoms. The van der Waals surface area contributed by atoms with Gasteiger partial charge in [0.25, 0.3) is 0 Å². The van der Waals surface area contributed by atoms with Gasteiger partial charge in [-0.25, -0.2) is 4.58 Å². The molecule has 0 aromatic rings. The zero-order valence-electron chi connectivity index (χ0n) is 14.0. The van der Waals surface area contributed by atoms with Gasteiger partial charge in [0.05, 0.1) is 6.07 Å². The fourth-order valence-electron chi connectivity index (χ4n) is 3.22. The van der Waals surface area contributed by atoms with E-state index in [1.807, 2.05) is 0 Å². The second-order valence-corrected chi connectivity index (χ2v) is 6.11. The predicted octanol–water partition coefficient (Wildman–Crippen LogP) is 3.05. The highest BCUT2D eigenvalue weighted by atomic mass is 16.3. The van der Waals surface area contributed by atoms with E-state index in [1.54, 1.807) is 0 Å². The zero-order valence-corrected chi connectivity index (χ0v) is 14.0. The van der Waals surface area contributed by atoms with Crippen LogP contribution in [0.2, 0.25) is 0 Å². The van der Waals surface area contributed by atoms with Crippen LogP contribution in [0, 0.1) is 0 Å². The molecule has 0 amide bonds. The van der Waals surface area contributed by atoms with Crippen LogP contribution in [0.15, 0.2) is 34.9 Å². The maximum atomic E-state index is 6.28. The molecule has 1 aliphatic heterocycles. The second kappa shape index (κ2) is 5.99.